The van der Waals surface area contributed by atoms with E-state index >= 15 is 0 Å². The van der Waals surface area contributed by atoms with Gasteiger partial charge in [-0.05, 0) is 30.2 Å². The van der Waals surface area contributed by atoms with Crippen LogP contribution in [0, 0.1) is 0 Å². The molecule has 0 radical (unpaired) electrons. The molecule has 9 heteroatoms. The molecule has 164 valence electrons. The van der Waals surface area contributed by atoms with E-state index in [4.69, 9.17) is 9.15 Å². The third-order valence-corrected chi connectivity index (χ3v) is 4.56. The van der Waals surface area contributed by atoms with Gasteiger partial charge in [0.2, 0.25) is 11.8 Å². The molecule has 8 nitrogen and oxygen atoms in total. The average Bonchev–Trinajstić information content (AvgIpc) is 3.17. The monoisotopic (exact) mass is 527 g/mol. The third-order valence-electron chi connectivity index (χ3n) is 4.56. The van der Waals surface area contributed by atoms with Crippen LogP contribution in [0.15, 0.2) is 33.8 Å². The van der Waals surface area contributed by atoms with Gasteiger partial charge in [0.05, 0.1) is 19.3 Å². The Morgan fingerprint density at radius 3 is 2.80 bits per heavy atom. The van der Waals surface area contributed by atoms with E-state index in [9.17, 15) is 4.79 Å². The summed E-state index contributed by atoms with van der Waals surface area (Å²) in [5.74, 6) is 2.98. The van der Waals surface area contributed by atoms with Crippen LogP contribution in [0.4, 0.5) is 5.69 Å². The van der Waals surface area contributed by atoms with Gasteiger partial charge in [-0.1, -0.05) is 20.8 Å². The van der Waals surface area contributed by atoms with Crippen molar-refractivity contribution in [2.24, 2.45) is 4.99 Å². The Balaban J connectivity index is 0.00000320. The van der Waals surface area contributed by atoms with Crippen molar-refractivity contribution in [2.75, 3.05) is 25.5 Å². The molecule has 0 unspecified atom stereocenters. The first-order valence-electron chi connectivity index (χ1n) is 9.80. The van der Waals surface area contributed by atoms with Crippen LogP contribution in [-0.2, 0) is 23.2 Å². The SMILES string of the molecule is CN=C(NCCOc1ccc2c(c1)CCC(=O)N2)NCc1ncc(C(C)(C)C)o1.I. The lowest BCUT2D eigenvalue weighted by molar-refractivity contribution is -0.116. The van der Waals surface area contributed by atoms with Crippen molar-refractivity contribution in [3.8, 4) is 5.75 Å². The summed E-state index contributed by atoms with van der Waals surface area (Å²) in [4.78, 5) is 19.9. The highest BCUT2D eigenvalue weighted by molar-refractivity contribution is 14.0. The van der Waals surface area contributed by atoms with E-state index in [0.717, 1.165) is 29.2 Å². The number of guanidine groups is 1. The zero-order valence-corrected chi connectivity index (χ0v) is 20.2. The molecule has 0 spiro atoms. The minimum Gasteiger partial charge on any atom is -0.492 e. The molecule has 1 aromatic heterocycles. The molecule has 1 aliphatic heterocycles. The summed E-state index contributed by atoms with van der Waals surface area (Å²) in [6, 6.07) is 5.74. The number of aryl methyl sites for hydroxylation is 1. The number of rotatable bonds is 6. The third kappa shape index (κ3) is 6.61. The molecule has 1 amide bonds. The van der Waals surface area contributed by atoms with Crippen molar-refractivity contribution in [3.63, 3.8) is 0 Å². The van der Waals surface area contributed by atoms with Gasteiger partial charge in [-0.2, -0.15) is 0 Å². The van der Waals surface area contributed by atoms with Gasteiger partial charge in [-0.3, -0.25) is 9.79 Å². The summed E-state index contributed by atoms with van der Waals surface area (Å²) >= 11 is 0. The number of hydrogen-bond donors (Lipinski definition) is 3. The van der Waals surface area contributed by atoms with E-state index in [1.807, 2.05) is 18.2 Å². The van der Waals surface area contributed by atoms with E-state index in [2.05, 4.69) is 46.7 Å². The van der Waals surface area contributed by atoms with Gasteiger partial charge in [0.15, 0.2) is 5.96 Å². The van der Waals surface area contributed by atoms with E-state index in [1.54, 1.807) is 13.2 Å². The largest absolute Gasteiger partial charge is 0.492 e. The summed E-state index contributed by atoms with van der Waals surface area (Å²) in [5, 5.41) is 9.25. The molecule has 0 bridgehead atoms. The molecule has 3 rings (SSSR count). The highest BCUT2D eigenvalue weighted by atomic mass is 127. The summed E-state index contributed by atoms with van der Waals surface area (Å²) in [7, 11) is 1.71. The number of nitrogens with zero attached hydrogens (tertiary/aromatic N) is 2. The molecule has 1 aliphatic rings. The minimum absolute atomic E-state index is 0. The lowest BCUT2D eigenvalue weighted by Crippen LogP contribution is -2.38. The van der Waals surface area contributed by atoms with E-state index in [0.29, 0.717) is 38.0 Å². The van der Waals surface area contributed by atoms with Crippen molar-refractivity contribution in [2.45, 2.75) is 45.6 Å². The molecule has 2 aromatic rings. The maximum absolute atomic E-state index is 11.4. The van der Waals surface area contributed by atoms with Crippen LogP contribution in [0.1, 0.15) is 44.4 Å². The van der Waals surface area contributed by atoms with Crippen molar-refractivity contribution >= 4 is 41.5 Å². The molecule has 0 saturated carbocycles. The lowest BCUT2D eigenvalue weighted by Gasteiger charge is -2.18. The van der Waals surface area contributed by atoms with Gasteiger partial charge < -0.3 is 25.1 Å². The summed E-state index contributed by atoms with van der Waals surface area (Å²) in [5.41, 5.74) is 1.91. The van der Waals surface area contributed by atoms with Crippen molar-refractivity contribution < 1.29 is 13.9 Å². The Morgan fingerprint density at radius 1 is 1.30 bits per heavy atom. The zero-order valence-electron chi connectivity index (χ0n) is 17.9. The number of nitrogens with one attached hydrogen (secondary N) is 3. The quantitative estimate of drug-likeness (QED) is 0.231. The zero-order chi connectivity index (χ0) is 20.9. The normalized spacial score (nSPS) is 13.7. The van der Waals surface area contributed by atoms with Crippen LogP contribution in [0.5, 0.6) is 5.75 Å². The fourth-order valence-electron chi connectivity index (χ4n) is 2.91. The summed E-state index contributed by atoms with van der Waals surface area (Å²) < 4.78 is 11.6. The first-order chi connectivity index (χ1) is 13.8. The number of amides is 1. The fourth-order valence-corrected chi connectivity index (χ4v) is 2.91. The van der Waals surface area contributed by atoms with Crippen LogP contribution in [0.2, 0.25) is 0 Å². The van der Waals surface area contributed by atoms with Gasteiger partial charge in [0, 0.05) is 24.6 Å². The average molecular weight is 527 g/mol. The lowest BCUT2D eigenvalue weighted by atomic mass is 9.94. The topological polar surface area (TPSA) is 101 Å². The maximum atomic E-state index is 11.4. The molecule has 0 fully saturated rings. The molecule has 0 aliphatic carbocycles. The molecule has 1 aromatic carbocycles. The standard InChI is InChI=1S/C21H29N5O3.HI/c1-21(2,3)17-12-24-19(29-17)13-25-20(22-4)23-9-10-28-15-6-7-16-14(11-15)5-8-18(27)26-16;/h6-7,11-12H,5,8-10,13H2,1-4H3,(H,26,27)(H2,22,23,25);1H. The maximum Gasteiger partial charge on any atom is 0.224 e. The van der Waals surface area contributed by atoms with Gasteiger partial charge in [-0.15, -0.1) is 24.0 Å². The molecule has 3 N–H and O–H groups in total. The van der Waals surface area contributed by atoms with E-state index < -0.39 is 0 Å². The Morgan fingerprint density at radius 2 is 2.10 bits per heavy atom. The molecular formula is C21H30IN5O3. The Bertz CT molecular complexity index is 889. The number of aliphatic imine (C=N–C) groups is 1. The number of fused-ring (bicyclic) bond motifs is 1. The van der Waals surface area contributed by atoms with Crippen LogP contribution >= 0.6 is 24.0 Å². The number of aromatic nitrogens is 1. The second kappa shape index (κ2) is 10.6. The summed E-state index contributed by atoms with van der Waals surface area (Å²) in [6.07, 6.45) is 3.03. The van der Waals surface area contributed by atoms with Gasteiger partial charge in [0.25, 0.3) is 0 Å². The number of oxazole rings is 1. The van der Waals surface area contributed by atoms with Crippen molar-refractivity contribution in [1.29, 1.82) is 0 Å². The molecule has 2 heterocycles. The Labute approximate surface area is 194 Å². The number of ether oxygens (including phenoxy) is 1. The molecule has 0 atom stereocenters. The smallest absolute Gasteiger partial charge is 0.224 e. The number of carbonyl (C=O) groups excluding carboxylic acids is 1. The second-order valence-corrected chi connectivity index (χ2v) is 7.94. The number of halogens is 1. The predicted octanol–water partition coefficient (Wildman–Crippen LogP) is 3.22. The molecular weight excluding hydrogens is 497 g/mol. The molecule has 30 heavy (non-hydrogen) atoms. The number of hydrogen-bond acceptors (Lipinski definition) is 5. The van der Waals surface area contributed by atoms with Crippen LogP contribution in [0.3, 0.4) is 0 Å². The van der Waals surface area contributed by atoms with Gasteiger partial charge in [-0.25, -0.2) is 4.98 Å². The number of carbonyl (C=O) groups is 1. The van der Waals surface area contributed by atoms with Crippen molar-refractivity contribution in [3.05, 3.63) is 41.6 Å². The minimum atomic E-state index is -0.0647. The molecule has 0 saturated heterocycles. The Hall–Kier alpha value is -2.30. The number of anilines is 1. The van der Waals surface area contributed by atoms with Crippen LogP contribution < -0.4 is 20.7 Å². The highest BCUT2D eigenvalue weighted by Gasteiger charge is 2.19. The first kappa shape index (κ1) is 24.0. The second-order valence-electron chi connectivity index (χ2n) is 7.94. The van der Waals surface area contributed by atoms with Crippen LogP contribution in [-0.4, -0.2) is 37.1 Å². The number of benzene rings is 1. The van der Waals surface area contributed by atoms with Crippen molar-refractivity contribution in [1.82, 2.24) is 15.6 Å². The van der Waals surface area contributed by atoms with E-state index in [-0.39, 0.29) is 35.3 Å². The summed E-state index contributed by atoms with van der Waals surface area (Å²) in [6.45, 7) is 7.79. The van der Waals surface area contributed by atoms with E-state index in [1.165, 1.54) is 0 Å². The Kier molecular flexibility index (Phi) is 8.51. The highest BCUT2D eigenvalue weighted by Crippen LogP contribution is 2.26. The predicted molar refractivity (Wildman–Crippen MR) is 128 cm³/mol. The van der Waals surface area contributed by atoms with Gasteiger partial charge in [0.1, 0.15) is 18.1 Å². The first-order valence-corrected chi connectivity index (χ1v) is 9.80. The van der Waals surface area contributed by atoms with Gasteiger partial charge >= 0.3 is 0 Å². The van der Waals surface area contributed by atoms with Crippen LogP contribution in [0.25, 0.3) is 0 Å². The fraction of sp³-hybridized carbons (Fsp3) is 0.476.